The monoisotopic (exact) mass is 324 g/mol. The normalized spacial score (nSPS) is 32.4. The van der Waals surface area contributed by atoms with Crippen molar-refractivity contribution in [3.05, 3.63) is 28.2 Å². The lowest BCUT2D eigenvalue weighted by atomic mass is 9.91. The van der Waals surface area contributed by atoms with Crippen LogP contribution in [-0.2, 0) is 0 Å². The third-order valence-corrected chi connectivity index (χ3v) is 5.21. The molecule has 1 saturated heterocycles. The Kier molecular flexibility index (Phi) is 2.28. The van der Waals surface area contributed by atoms with Crippen molar-refractivity contribution in [2.45, 2.75) is 25.1 Å². The minimum atomic E-state index is -0.380. The van der Waals surface area contributed by atoms with Crippen LogP contribution in [0.25, 0.3) is 0 Å². The number of rotatable bonds is 0. The fraction of sp³-hybridized carbons (Fsp3) is 0.462. The molecular formula is C13H13BrN2OS. The van der Waals surface area contributed by atoms with Crippen molar-refractivity contribution in [3.8, 4) is 5.75 Å². The maximum absolute atomic E-state index is 6.11. The molecule has 18 heavy (non-hydrogen) atoms. The molecule has 0 spiro atoms. The zero-order valence-corrected chi connectivity index (χ0v) is 12.4. The Hall–Kier alpha value is -0.680. The molecule has 1 aromatic rings. The fourth-order valence-corrected chi connectivity index (χ4v) is 4.46. The molecule has 5 heteroatoms. The van der Waals surface area contributed by atoms with Gasteiger partial charge < -0.3 is 9.64 Å². The molecule has 3 aliphatic rings. The largest absolute Gasteiger partial charge is 0.466 e. The predicted molar refractivity (Wildman–Crippen MR) is 77.1 cm³/mol. The van der Waals surface area contributed by atoms with Crippen molar-refractivity contribution < 1.29 is 4.74 Å². The topological polar surface area (TPSA) is 24.8 Å². The van der Waals surface area contributed by atoms with Gasteiger partial charge in [-0.25, -0.2) is 4.99 Å². The van der Waals surface area contributed by atoms with E-state index in [2.05, 4.69) is 33.8 Å². The molecule has 3 nitrogen and oxygen atoms in total. The highest BCUT2D eigenvalue weighted by Gasteiger charge is 2.46. The van der Waals surface area contributed by atoms with E-state index in [4.69, 9.17) is 9.73 Å². The SMILES string of the molecule is C[C@@]12C[C@@H](c3cc(Br)ccc3O1)N1CCSC1=N2. The maximum Gasteiger partial charge on any atom is 0.202 e. The molecule has 4 rings (SSSR count). The van der Waals surface area contributed by atoms with Crippen molar-refractivity contribution in [2.24, 2.45) is 4.99 Å². The van der Waals surface area contributed by atoms with Crippen LogP contribution in [0.2, 0.25) is 0 Å². The summed E-state index contributed by atoms with van der Waals surface area (Å²) in [6, 6.07) is 6.69. The van der Waals surface area contributed by atoms with Crippen LogP contribution in [0.5, 0.6) is 5.75 Å². The van der Waals surface area contributed by atoms with E-state index in [9.17, 15) is 0 Å². The van der Waals surface area contributed by atoms with Crippen LogP contribution in [0.4, 0.5) is 0 Å². The van der Waals surface area contributed by atoms with Crippen molar-refractivity contribution >= 4 is 32.9 Å². The van der Waals surface area contributed by atoms with Gasteiger partial charge in [0.25, 0.3) is 0 Å². The summed E-state index contributed by atoms with van der Waals surface area (Å²) in [5.74, 6) is 2.12. The summed E-state index contributed by atoms with van der Waals surface area (Å²) in [7, 11) is 0. The third-order valence-electron chi connectivity index (χ3n) is 3.75. The average molecular weight is 325 g/mol. The van der Waals surface area contributed by atoms with E-state index in [0.717, 1.165) is 34.1 Å². The molecule has 1 fully saturated rings. The number of thioether (sulfide) groups is 1. The third kappa shape index (κ3) is 1.53. The standard InChI is InChI=1S/C13H13BrN2OS/c1-13-7-10(16-4-5-18-12(16)15-13)9-6-8(14)2-3-11(9)17-13/h2-3,6,10H,4-5,7H2,1H3/t10-,13-/m0/s1. The van der Waals surface area contributed by atoms with Gasteiger partial charge in [-0.05, 0) is 25.1 Å². The Morgan fingerprint density at radius 1 is 1.56 bits per heavy atom. The number of ether oxygens (including phenoxy) is 1. The molecule has 94 valence electrons. The van der Waals surface area contributed by atoms with Gasteiger partial charge in [-0.15, -0.1) is 0 Å². The zero-order valence-electron chi connectivity index (χ0n) is 10.0. The first-order valence-electron chi connectivity index (χ1n) is 6.12. The number of fused-ring (bicyclic) bond motifs is 6. The molecule has 3 aliphatic heterocycles. The second kappa shape index (κ2) is 3.67. The van der Waals surface area contributed by atoms with Gasteiger partial charge in [0.2, 0.25) is 5.72 Å². The van der Waals surface area contributed by atoms with Gasteiger partial charge in [-0.3, -0.25) is 0 Å². The van der Waals surface area contributed by atoms with Gasteiger partial charge in [-0.1, -0.05) is 27.7 Å². The van der Waals surface area contributed by atoms with E-state index in [1.54, 1.807) is 0 Å². The summed E-state index contributed by atoms with van der Waals surface area (Å²) < 4.78 is 7.22. The van der Waals surface area contributed by atoms with E-state index in [0.29, 0.717) is 6.04 Å². The number of hydrogen-bond acceptors (Lipinski definition) is 4. The van der Waals surface area contributed by atoms with Crippen molar-refractivity contribution in [1.29, 1.82) is 0 Å². The highest BCUT2D eigenvalue weighted by molar-refractivity contribution is 9.10. The Balaban J connectivity index is 1.89. The molecule has 0 saturated carbocycles. The second-order valence-electron chi connectivity index (χ2n) is 5.12. The Bertz CT molecular complexity index is 562. The number of nitrogens with zero attached hydrogens (tertiary/aromatic N) is 2. The van der Waals surface area contributed by atoms with Gasteiger partial charge in [-0.2, -0.15) is 0 Å². The van der Waals surface area contributed by atoms with Gasteiger partial charge in [0.1, 0.15) is 5.75 Å². The molecule has 0 aliphatic carbocycles. The van der Waals surface area contributed by atoms with Crippen LogP contribution in [-0.4, -0.2) is 28.1 Å². The van der Waals surface area contributed by atoms with E-state index in [1.165, 1.54) is 5.56 Å². The fourth-order valence-electron chi connectivity index (χ4n) is 2.97. The smallest absolute Gasteiger partial charge is 0.202 e. The molecule has 2 bridgehead atoms. The number of amidine groups is 1. The molecule has 1 aromatic carbocycles. The van der Waals surface area contributed by atoms with Crippen LogP contribution in [0, 0.1) is 0 Å². The zero-order chi connectivity index (χ0) is 12.3. The summed E-state index contributed by atoms with van der Waals surface area (Å²) in [6.07, 6.45) is 0.945. The lowest BCUT2D eigenvalue weighted by Crippen LogP contribution is -2.48. The van der Waals surface area contributed by atoms with Gasteiger partial charge in [0.05, 0.1) is 6.04 Å². The Morgan fingerprint density at radius 2 is 2.44 bits per heavy atom. The number of benzene rings is 1. The predicted octanol–water partition coefficient (Wildman–Crippen LogP) is 3.41. The quantitative estimate of drug-likeness (QED) is 0.731. The van der Waals surface area contributed by atoms with Gasteiger partial charge >= 0.3 is 0 Å². The number of hydrogen-bond donors (Lipinski definition) is 0. The minimum absolute atomic E-state index is 0.380. The first-order chi connectivity index (χ1) is 8.65. The van der Waals surface area contributed by atoms with Crippen LogP contribution in [0.1, 0.15) is 24.9 Å². The number of halogens is 1. The van der Waals surface area contributed by atoms with E-state index >= 15 is 0 Å². The molecule has 0 radical (unpaired) electrons. The average Bonchev–Trinajstić information content (AvgIpc) is 2.77. The van der Waals surface area contributed by atoms with Crippen LogP contribution in [0.15, 0.2) is 27.7 Å². The lowest BCUT2D eigenvalue weighted by molar-refractivity contribution is 0.0271. The van der Waals surface area contributed by atoms with Gasteiger partial charge in [0, 0.05) is 28.8 Å². The number of aliphatic imine (C=N–C) groups is 1. The summed E-state index contributed by atoms with van der Waals surface area (Å²) in [5.41, 5.74) is 0.908. The molecule has 0 aromatic heterocycles. The summed E-state index contributed by atoms with van der Waals surface area (Å²) in [5, 5.41) is 1.15. The minimum Gasteiger partial charge on any atom is -0.466 e. The van der Waals surface area contributed by atoms with Crippen molar-refractivity contribution in [1.82, 2.24) is 4.90 Å². The van der Waals surface area contributed by atoms with Crippen LogP contribution in [0.3, 0.4) is 0 Å². The molecular weight excluding hydrogens is 312 g/mol. The summed E-state index contributed by atoms with van der Waals surface area (Å²) in [6.45, 7) is 3.18. The Morgan fingerprint density at radius 3 is 3.33 bits per heavy atom. The summed E-state index contributed by atoms with van der Waals surface area (Å²) in [4.78, 5) is 7.22. The van der Waals surface area contributed by atoms with Crippen LogP contribution >= 0.6 is 27.7 Å². The van der Waals surface area contributed by atoms with Gasteiger partial charge in [0.15, 0.2) is 5.17 Å². The second-order valence-corrected chi connectivity index (χ2v) is 7.09. The van der Waals surface area contributed by atoms with E-state index < -0.39 is 0 Å². The van der Waals surface area contributed by atoms with Crippen molar-refractivity contribution in [2.75, 3.05) is 12.3 Å². The molecule has 0 amide bonds. The Labute approximate surface area is 119 Å². The van der Waals surface area contributed by atoms with E-state index in [1.807, 2.05) is 23.9 Å². The molecule has 2 atom stereocenters. The highest BCUT2D eigenvalue weighted by atomic mass is 79.9. The molecule has 0 unspecified atom stereocenters. The maximum atomic E-state index is 6.11. The van der Waals surface area contributed by atoms with Crippen molar-refractivity contribution in [3.63, 3.8) is 0 Å². The molecule has 0 N–H and O–H groups in total. The first-order valence-corrected chi connectivity index (χ1v) is 7.90. The lowest BCUT2D eigenvalue weighted by Gasteiger charge is -2.45. The first kappa shape index (κ1) is 11.2. The van der Waals surface area contributed by atoms with E-state index in [-0.39, 0.29) is 5.72 Å². The molecule has 3 heterocycles. The van der Waals surface area contributed by atoms with Crippen LogP contribution < -0.4 is 4.74 Å². The highest BCUT2D eigenvalue weighted by Crippen LogP contribution is 2.49. The summed E-state index contributed by atoms with van der Waals surface area (Å²) >= 11 is 5.40.